The van der Waals surface area contributed by atoms with Crippen LogP contribution in [0.4, 0.5) is 5.82 Å². The standard InChI is InChI=1S/C11H15N5O3/c1-5-6(2-17)19-11(8(5)18)16-4-15-7-9(12)13-3-14-10(7)16/h3-6,8,11,17-18H,2H2,1H3,(H2,12,13,14). The molecule has 1 aliphatic heterocycles. The van der Waals surface area contributed by atoms with E-state index in [2.05, 4.69) is 15.0 Å². The molecule has 3 rings (SSSR count). The molecule has 2 aromatic heterocycles. The number of nitrogens with zero attached hydrogens (tertiary/aromatic N) is 4. The first-order valence-corrected chi connectivity index (χ1v) is 6.01. The molecule has 1 fully saturated rings. The number of anilines is 1. The topological polar surface area (TPSA) is 119 Å². The molecular weight excluding hydrogens is 250 g/mol. The monoisotopic (exact) mass is 265 g/mol. The van der Waals surface area contributed by atoms with Crippen molar-refractivity contribution < 1.29 is 14.9 Å². The third-order valence-electron chi connectivity index (χ3n) is 3.57. The van der Waals surface area contributed by atoms with Crippen molar-refractivity contribution in [1.82, 2.24) is 19.5 Å². The van der Waals surface area contributed by atoms with Crippen molar-refractivity contribution in [3.63, 3.8) is 0 Å². The van der Waals surface area contributed by atoms with E-state index in [1.807, 2.05) is 6.92 Å². The Morgan fingerprint density at radius 3 is 2.89 bits per heavy atom. The molecule has 8 heteroatoms. The molecular formula is C11H15N5O3. The van der Waals surface area contributed by atoms with Crippen LogP contribution < -0.4 is 5.73 Å². The second-order valence-corrected chi connectivity index (χ2v) is 4.68. The lowest BCUT2D eigenvalue weighted by Crippen LogP contribution is -2.25. The SMILES string of the molecule is CC1C(CO)OC(n2cnc3c(N)ncnc32)C1O. The van der Waals surface area contributed by atoms with Crippen molar-refractivity contribution >= 4 is 17.0 Å². The molecule has 1 aliphatic rings. The van der Waals surface area contributed by atoms with Crippen LogP contribution in [0.1, 0.15) is 13.2 Å². The van der Waals surface area contributed by atoms with Gasteiger partial charge in [0.15, 0.2) is 17.7 Å². The number of imidazole rings is 1. The molecule has 1 saturated heterocycles. The Labute approximate surface area is 108 Å². The minimum absolute atomic E-state index is 0.140. The van der Waals surface area contributed by atoms with Gasteiger partial charge < -0.3 is 20.7 Å². The molecule has 102 valence electrons. The maximum absolute atomic E-state index is 10.2. The van der Waals surface area contributed by atoms with Crippen LogP contribution in [0.2, 0.25) is 0 Å². The molecule has 8 nitrogen and oxygen atoms in total. The number of hydrogen-bond donors (Lipinski definition) is 3. The Morgan fingerprint density at radius 1 is 1.42 bits per heavy atom. The smallest absolute Gasteiger partial charge is 0.167 e. The van der Waals surface area contributed by atoms with Gasteiger partial charge in [0.1, 0.15) is 17.9 Å². The highest BCUT2D eigenvalue weighted by atomic mass is 16.5. The second kappa shape index (κ2) is 4.41. The average Bonchev–Trinajstić information content (AvgIpc) is 2.94. The number of aliphatic hydroxyl groups is 2. The van der Waals surface area contributed by atoms with Gasteiger partial charge >= 0.3 is 0 Å². The third-order valence-corrected chi connectivity index (χ3v) is 3.57. The summed E-state index contributed by atoms with van der Waals surface area (Å²) in [7, 11) is 0. The van der Waals surface area contributed by atoms with Crippen molar-refractivity contribution in [2.24, 2.45) is 5.92 Å². The minimum atomic E-state index is -0.745. The zero-order valence-corrected chi connectivity index (χ0v) is 10.3. The number of nitrogen functional groups attached to an aromatic ring is 1. The van der Waals surface area contributed by atoms with E-state index in [-0.39, 0.29) is 18.3 Å². The molecule has 19 heavy (non-hydrogen) atoms. The molecule has 0 aromatic carbocycles. The lowest BCUT2D eigenvalue weighted by molar-refractivity contribution is -0.0491. The Hall–Kier alpha value is -1.77. The maximum Gasteiger partial charge on any atom is 0.167 e. The van der Waals surface area contributed by atoms with E-state index in [1.54, 1.807) is 4.57 Å². The van der Waals surface area contributed by atoms with Gasteiger partial charge in [-0.15, -0.1) is 0 Å². The summed E-state index contributed by atoms with van der Waals surface area (Å²) in [6, 6.07) is 0. The van der Waals surface area contributed by atoms with Gasteiger partial charge in [-0.05, 0) is 0 Å². The number of nitrogens with two attached hydrogens (primary N) is 1. The van der Waals surface area contributed by atoms with E-state index in [0.717, 1.165) is 0 Å². The van der Waals surface area contributed by atoms with Crippen molar-refractivity contribution in [2.45, 2.75) is 25.4 Å². The summed E-state index contributed by atoms with van der Waals surface area (Å²) >= 11 is 0. The highest BCUT2D eigenvalue weighted by Gasteiger charge is 2.42. The van der Waals surface area contributed by atoms with Crippen LogP contribution >= 0.6 is 0 Å². The molecule has 2 aromatic rings. The van der Waals surface area contributed by atoms with Gasteiger partial charge in [0.05, 0.1) is 19.0 Å². The first kappa shape index (κ1) is 12.3. The van der Waals surface area contributed by atoms with Crippen LogP contribution in [0.5, 0.6) is 0 Å². The summed E-state index contributed by atoms with van der Waals surface area (Å²) in [5.74, 6) is 0.106. The van der Waals surface area contributed by atoms with E-state index < -0.39 is 18.4 Å². The van der Waals surface area contributed by atoms with Crippen LogP contribution in [0.25, 0.3) is 11.2 Å². The number of aromatic nitrogens is 4. The lowest BCUT2D eigenvalue weighted by Gasteiger charge is -2.16. The van der Waals surface area contributed by atoms with Gasteiger partial charge in [-0.2, -0.15) is 0 Å². The average molecular weight is 265 g/mol. The molecule has 4 unspecified atom stereocenters. The van der Waals surface area contributed by atoms with Gasteiger partial charge in [-0.25, -0.2) is 15.0 Å². The van der Waals surface area contributed by atoms with Gasteiger partial charge in [0, 0.05) is 5.92 Å². The molecule has 0 aliphatic carbocycles. The Morgan fingerprint density at radius 2 is 2.21 bits per heavy atom. The molecule has 0 amide bonds. The van der Waals surface area contributed by atoms with Crippen LogP contribution in [-0.2, 0) is 4.74 Å². The quantitative estimate of drug-likeness (QED) is 0.656. The first-order chi connectivity index (χ1) is 9.13. The van der Waals surface area contributed by atoms with Crippen LogP contribution in [0.15, 0.2) is 12.7 Å². The fraction of sp³-hybridized carbons (Fsp3) is 0.545. The van der Waals surface area contributed by atoms with E-state index >= 15 is 0 Å². The minimum Gasteiger partial charge on any atom is -0.394 e. The molecule has 0 saturated carbocycles. The fourth-order valence-electron chi connectivity index (χ4n) is 2.36. The predicted octanol–water partition coefficient (Wildman–Crippen LogP) is -0.705. The van der Waals surface area contributed by atoms with Crippen LogP contribution in [-0.4, -0.2) is 48.5 Å². The van der Waals surface area contributed by atoms with Gasteiger partial charge in [-0.3, -0.25) is 4.57 Å². The summed E-state index contributed by atoms with van der Waals surface area (Å²) in [6.07, 6.45) is 1.06. The summed E-state index contributed by atoms with van der Waals surface area (Å²) in [5, 5.41) is 19.4. The molecule has 4 atom stereocenters. The van der Waals surface area contributed by atoms with E-state index in [1.165, 1.54) is 12.7 Å². The van der Waals surface area contributed by atoms with Crippen molar-refractivity contribution in [1.29, 1.82) is 0 Å². The molecule has 0 bridgehead atoms. The largest absolute Gasteiger partial charge is 0.394 e. The second-order valence-electron chi connectivity index (χ2n) is 4.68. The van der Waals surface area contributed by atoms with Crippen LogP contribution in [0, 0.1) is 5.92 Å². The zero-order valence-electron chi connectivity index (χ0n) is 10.3. The molecule has 3 heterocycles. The number of fused-ring (bicyclic) bond motifs is 1. The fourth-order valence-corrected chi connectivity index (χ4v) is 2.36. The van der Waals surface area contributed by atoms with Crippen molar-refractivity contribution in [2.75, 3.05) is 12.3 Å². The van der Waals surface area contributed by atoms with Gasteiger partial charge in [0.25, 0.3) is 0 Å². The predicted molar refractivity (Wildman–Crippen MR) is 65.9 cm³/mol. The zero-order chi connectivity index (χ0) is 13.6. The molecule has 4 N–H and O–H groups in total. The van der Waals surface area contributed by atoms with Crippen molar-refractivity contribution in [3.05, 3.63) is 12.7 Å². The van der Waals surface area contributed by atoms with E-state index in [0.29, 0.717) is 11.2 Å². The van der Waals surface area contributed by atoms with Crippen molar-refractivity contribution in [3.8, 4) is 0 Å². The summed E-state index contributed by atoms with van der Waals surface area (Å²) in [4.78, 5) is 12.1. The van der Waals surface area contributed by atoms with Crippen LogP contribution in [0.3, 0.4) is 0 Å². The Balaban J connectivity index is 2.04. The van der Waals surface area contributed by atoms with E-state index in [9.17, 15) is 10.2 Å². The Kier molecular flexibility index (Phi) is 2.85. The number of rotatable bonds is 2. The molecule has 0 spiro atoms. The highest BCUT2D eigenvalue weighted by molar-refractivity contribution is 5.81. The first-order valence-electron chi connectivity index (χ1n) is 6.01. The third kappa shape index (κ3) is 1.76. The number of aliphatic hydroxyl groups excluding tert-OH is 2. The normalized spacial score (nSPS) is 31.1. The summed E-state index contributed by atoms with van der Waals surface area (Å²) in [5.41, 5.74) is 6.69. The lowest BCUT2D eigenvalue weighted by atomic mass is 10.0. The number of hydrogen-bond acceptors (Lipinski definition) is 7. The Bertz CT molecular complexity index is 601. The highest BCUT2D eigenvalue weighted by Crippen LogP contribution is 2.35. The molecule has 0 radical (unpaired) electrons. The van der Waals surface area contributed by atoms with E-state index in [4.69, 9.17) is 10.5 Å². The maximum atomic E-state index is 10.2. The van der Waals surface area contributed by atoms with Gasteiger partial charge in [0.2, 0.25) is 0 Å². The number of ether oxygens (including phenoxy) is 1. The summed E-state index contributed by atoms with van der Waals surface area (Å²) in [6.45, 7) is 1.69. The summed E-state index contributed by atoms with van der Waals surface area (Å²) < 4.78 is 7.26. The van der Waals surface area contributed by atoms with Gasteiger partial charge in [-0.1, -0.05) is 6.92 Å².